The van der Waals surface area contributed by atoms with E-state index in [1.807, 2.05) is 30.5 Å². The van der Waals surface area contributed by atoms with Crippen LogP contribution in [-0.2, 0) is 0 Å². The molecule has 53 valence electrons. The highest BCUT2D eigenvalue weighted by molar-refractivity contribution is 5.80. The molecule has 1 aromatic carbocycles. The molecule has 0 saturated carbocycles. The Balaban J connectivity index is 2.91. The number of pyridine rings is 1. The number of benzene rings is 1. The van der Waals surface area contributed by atoms with E-state index in [-0.39, 0.29) is 0 Å². The zero-order valence-corrected chi connectivity index (χ0v) is 6.33. The van der Waals surface area contributed by atoms with Crippen molar-refractivity contribution in [2.45, 2.75) is 6.92 Å². The predicted octanol–water partition coefficient (Wildman–Crippen LogP) is 2.34. The number of aryl methyl sites for hydroxylation is 1. The summed E-state index contributed by atoms with van der Waals surface area (Å²) in [7, 11) is 0. The van der Waals surface area contributed by atoms with Crippen molar-refractivity contribution in [3.8, 4) is 0 Å². The minimum Gasteiger partial charge on any atom is -0.256 e. The Kier molecular flexibility index (Phi) is 1.35. The van der Waals surface area contributed by atoms with Crippen LogP contribution in [0.5, 0.6) is 0 Å². The van der Waals surface area contributed by atoms with E-state index in [0.29, 0.717) is 0 Å². The van der Waals surface area contributed by atoms with Crippen molar-refractivity contribution < 1.29 is 0 Å². The molecule has 2 aromatic rings. The standard InChI is InChI=1S/C10H8N/c1-8-4-2-5-9-6-3-7-11-10(8)9/h2-4,6-7H,1H3. The highest BCUT2D eigenvalue weighted by atomic mass is 14.6. The molecule has 0 aliphatic carbocycles. The SMILES string of the molecule is Cc1cc[c]c2cccnc12. The smallest absolute Gasteiger partial charge is 0.0737 e. The fourth-order valence-electron chi connectivity index (χ4n) is 1.17. The summed E-state index contributed by atoms with van der Waals surface area (Å²) in [5.41, 5.74) is 2.26. The first kappa shape index (κ1) is 6.35. The van der Waals surface area contributed by atoms with Gasteiger partial charge in [0.05, 0.1) is 5.52 Å². The third-order valence-electron chi connectivity index (χ3n) is 1.75. The molecular formula is C10H8N. The molecule has 0 N–H and O–H groups in total. The van der Waals surface area contributed by atoms with E-state index >= 15 is 0 Å². The summed E-state index contributed by atoms with van der Waals surface area (Å²) in [4.78, 5) is 4.25. The summed E-state index contributed by atoms with van der Waals surface area (Å²) in [5, 5.41) is 1.09. The lowest BCUT2D eigenvalue weighted by molar-refractivity contribution is 1.37. The average molecular weight is 142 g/mol. The summed E-state index contributed by atoms with van der Waals surface area (Å²) in [6.07, 6.45) is 1.81. The summed E-state index contributed by atoms with van der Waals surface area (Å²) < 4.78 is 0. The second-order valence-corrected chi connectivity index (χ2v) is 2.56. The second-order valence-electron chi connectivity index (χ2n) is 2.56. The van der Waals surface area contributed by atoms with Gasteiger partial charge >= 0.3 is 0 Å². The highest BCUT2D eigenvalue weighted by Crippen LogP contribution is 2.13. The largest absolute Gasteiger partial charge is 0.256 e. The maximum Gasteiger partial charge on any atom is 0.0737 e. The fraction of sp³-hybridized carbons (Fsp3) is 0.100. The van der Waals surface area contributed by atoms with E-state index in [1.54, 1.807) is 0 Å². The van der Waals surface area contributed by atoms with Gasteiger partial charge in [-0.05, 0) is 24.6 Å². The monoisotopic (exact) mass is 142 g/mol. The molecule has 1 heteroatoms. The minimum absolute atomic E-state index is 1.05. The summed E-state index contributed by atoms with van der Waals surface area (Å²) in [5.74, 6) is 0. The Bertz CT molecular complexity index is 374. The lowest BCUT2D eigenvalue weighted by atomic mass is 10.1. The van der Waals surface area contributed by atoms with Crippen molar-refractivity contribution >= 4 is 10.9 Å². The first-order valence-corrected chi connectivity index (χ1v) is 3.60. The first-order valence-electron chi connectivity index (χ1n) is 3.60. The van der Waals surface area contributed by atoms with Gasteiger partial charge < -0.3 is 0 Å². The van der Waals surface area contributed by atoms with Crippen molar-refractivity contribution in [2.24, 2.45) is 0 Å². The van der Waals surface area contributed by atoms with Crippen molar-refractivity contribution in [1.82, 2.24) is 4.98 Å². The molecule has 0 fully saturated rings. The molecule has 1 radical (unpaired) electrons. The summed E-state index contributed by atoms with van der Waals surface area (Å²) in [6, 6.07) is 11.0. The van der Waals surface area contributed by atoms with E-state index in [2.05, 4.69) is 18.0 Å². The normalized spacial score (nSPS) is 10.3. The molecule has 0 aliphatic rings. The van der Waals surface area contributed by atoms with Crippen LogP contribution in [0.15, 0.2) is 30.5 Å². The van der Waals surface area contributed by atoms with Crippen LogP contribution >= 0.6 is 0 Å². The molecule has 11 heavy (non-hydrogen) atoms. The molecule has 0 amide bonds. The van der Waals surface area contributed by atoms with Gasteiger partial charge in [-0.15, -0.1) is 0 Å². The van der Waals surface area contributed by atoms with Crippen LogP contribution in [-0.4, -0.2) is 4.98 Å². The maximum atomic E-state index is 4.25. The molecule has 1 nitrogen and oxygen atoms in total. The minimum atomic E-state index is 1.05. The third kappa shape index (κ3) is 0.984. The Morgan fingerprint density at radius 3 is 3.09 bits per heavy atom. The summed E-state index contributed by atoms with van der Waals surface area (Å²) in [6.45, 7) is 2.06. The molecule has 0 atom stereocenters. The van der Waals surface area contributed by atoms with Gasteiger partial charge in [-0.25, -0.2) is 0 Å². The molecule has 2 rings (SSSR count). The number of hydrogen-bond donors (Lipinski definition) is 0. The van der Waals surface area contributed by atoms with Crippen molar-refractivity contribution in [2.75, 3.05) is 0 Å². The van der Waals surface area contributed by atoms with Gasteiger partial charge in [0.25, 0.3) is 0 Å². The van der Waals surface area contributed by atoms with E-state index < -0.39 is 0 Å². The van der Waals surface area contributed by atoms with Crippen LogP contribution in [0.2, 0.25) is 0 Å². The van der Waals surface area contributed by atoms with Gasteiger partial charge in [-0.3, -0.25) is 4.98 Å². The highest BCUT2D eigenvalue weighted by Gasteiger charge is 1.94. The van der Waals surface area contributed by atoms with E-state index in [4.69, 9.17) is 0 Å². The predicted molar refractivity (Wildman–Crippen MR) is 45.3 cm³/mol. The van der Waals surface area contributed by atoms with Gasteiger partial charge in [0, 0.05) is 11.6 Å². The van der Waals surface area contributed by atoms with Gasteiger partial charge in [-0.2, -0.15) is 0 Å². The van der Waals surface area contributed by atoms with Crippen LogP contribution in [0, 0.1) is 13.0 Å². The third-order valence-corrected chi connectivity index (χ3v) is 1.75. The number of aromatic nitrogens is 1. The second kappa shape index (κ2) is 2.35. The van der Waals surface area contributed by atoms with E-state index in [9.17, 15) is 0 Å². The fourth-order valence-corrected chi connectivity index (χ4v) is 1.17. The van der Waals surface area contributed by atoms with Gasteiger partial charge in [-0.1, -0.05) is 18.2 Å². The number of rotatable bonds is 0. The number of fused-ring (bicyclic) bond motifs is 1. The van der Waals surface area contributed by atoms with Crippen LogP contribution in [0.4, 0.5) is 0 Å². The van der Waals surface area contributed by atoms with E-state index in [0.717, 1.165) is 10.9 Å². The van der Waals surface area contributed by atoms with Gasteiger partial charge in [0.15, 0.2) is 0 Å². The average Bonchev–Trinajstić information content (AvgIpc) is 2.06. The molecule has 0 unspecified atom stereocenters. The van der Waals surface area contributed by atoms with Gasteiger partial charge in [0.2, 0.25) is 0 Å². The zero-order valence-electron chi connectivity index (χ0n) is 6.33. The number of nitrogens with zero attached hydrogens (tertiary/aromatic N) is 1. The van der Waals surface area contributed by atoms with Crippen LogP contribution in [0.3, 0.4) is 0 Å². The Morgan fingerprint density at radius 1 is 1.36 bits per heavy atom. The quantitative estimate of drug-likeness (QED) is 0.550. The van der Waals surface area contributed by atoms with Crippen molar-refractivity contribution in [3.05, 3.63) is 42.1 Å². The lowest BCUT2D eigenvalue weighted by Gasteiger charge is -1.97. The maximum absolute atomic E-state index is 4.25. The van der Waals surface area contributed by atoms with E-state index in [1.165, 1.54) is 5.56 Å². The number of hydrogen-bond acceptors (Lipinski definition) is 1. The van der Waals surface area contributed by atoms with Crippen LogP contribution < -0.4 is 0 Å². The van der Waals surface area contributed by atoms with Crippen molar-refractivity contribution in [3.63, 3.8) is 0 Å². The Morgan fingerprint density at radius 2 is 2.27 bits per heavy atom. The molecular weight excluding hydrogens is 134 g/mol. The van der Waals surface area contributed by atoms with Gasteiger partial charge in [0.1, 0.15) is 0 Å². The Hall–Kier alpha value is -1.37. The lowest BCUT2D eigenvalue weighted by Crippen LogP contribution is -1.80. The molecule has 0 saturated heterocycles. The van der Waals surface area contributed by atoms with Crippen molar-refractivity contribution in [1.29, 1.82) is 0 Å². The molecule has 0 spiro atoms. The molecule has 0 bridgehead atoms. The topological polar surface area (TPSA) is 12.9 Å². The molecule has 1 aromatic heterocycles. The van der Waals surface area contributed by atoms with Crippen LogP contribution in [0.1, 0.15) is 5.56 Å². The Labute approximate surface area is 65.7 Å². The molecule has 0 aliphatic heterocycles. The molecule has 1 heterocycles. The summed E-state index contributed by atoms with van der Waals surface area (Å²) >= 11 is 0. The van der Waals surface area contributed by atoms with Crippen LogP contribution in [0.25, 0.3) is 10.9 Å². The zero-order chi connectivity index (χ0) is 7.68. The first-order chi connectivity index (χ1) is 5.38.